The van der Waals surface area contributed by atoms with Gasteiger partial charge < -0.3 is 35.7 Å². The molecule has 0 saturated carbocycles. The Kier molecular flexibility index (Phi) is 10.0. The number of imidazole rings is 1. The second-order valence-corrected chi connectivity index (χ2v) is 13.1. The number of ether oxygens (including phenoxy) is 1. The number of alkyl carbamates (subject to hydrolysis) is 1. The molecule has 1 aromatic heterocycles. The number of carbonyl (C=O) groups excluding carboxylic acids is 4. The van der Waals surface area contributed by atoms with Crippen LogP contribution in [0.5, 0.6) is 5.75 Å². The van der Waals surface area contributed by atoms with Gasteiger partial charge in [-0.3, -0.25) is 14.4 Å². The normalized spacial score (nSPS) is 14.9. The number of hydrogen-bond acceptors (Lipinski definition) is 7. The number of rotatable bonds is 9. The van der Waals surface area contributed by atoms with Crippen LogP contribution >= 0.6 is 0 Å². The molecule has 5 N–H and O–H groups in total. The summed E-state index contributed by atoms with van der Waals surface area (Å²) in [7, 11) is 0. The molecule has 2 atom stereocenters. The predicted molar refractivity (Wildman–Crippen MR) is 180 cm³/mol. The maximum atomic E-state index is 14.4. The van der Waals surface area contributed by atoms with Crippen LogP contribution in [-0.4, -0.2) is 68.0 Å². The van der Waals surface area contributed by atoms with Crippen molar-refractivity contribution >= 4 is 34.8 Å². The molecule has 48 heavy (non-hydrogen) atoms. The molecule has 0 unspecified atom stereocenters. The summed E-state index contributed by atoms with van der Waals surface area (Å²) in [4.78, 5) is 62.9. The van der Waals surface area contributed by atoms with E-state index in [-0.39, 0.29) is 38.2 Å². The third kappa shape index (κ3) is 8.30. The lowest BCUT2D eigenvalue weighted by molar-refractivity contribution is -0.143. The van der Waals surface area contributed by atoms with E-state index in [4.69, 9.17) is 4.74 Å². The molecule has 0 fully saturated rings. The van der Waals surface area contributed by atoms with E-state index < -0.39 is 41.5 Å². The molecule has 0 aliphatic carbocycles. The van der Waals surface area contributed by atoms with Gasteiger partial charge in [0.2, 0.25) is 17.7 Å². The number of benzene rings is 3. The van der Waals surface area contributed by atoms with E-state index in [1.807, 2.05) is 62.4 Å². The van der Waals surface area contributed by atoms with E-state index in [9.17, 15) is 24.3 Å². The summed E-state index contributed by atoms with van der Waals surface area (Å²) in [6.07, 6.45) is -0.438. The van der Waals surface area contributed by atoms with Crippen LogP contribution in [0.15, 0.2) is 60.7 Å². The van der Waals surface area contributed by atoms with Gasteiger partial charge in [0.25, 0.3) is 0 Å². The molecule has 5 rings (SSSR count). The lowest BCUT2D eigenvalue weighted by Gasteiger charge is -2.38. The molecule has 1 aliphatic rings. The molecular weight excluding hydrogens is 612 g/mol. The van der Waals surface area contributed by atoms with Crippen LogP contribution < -0.4 is 16.0 Å². The third-order valence-corrected chi connectivity index (χ3v) is 8.23. The number of para-hydroxylation sites is 2. The van der Waals surface area contributed by atoms with Crippen LogP contribution in [-0.2, 0) is 45.1 Å². The molecule has 252 valence electrons. The highest BCUT2D eigenvalue weighted by atomic mass is 16.6. The van der Waals surface area contributed by atoms with Crippen molar-refractivity contribution < 1.29 is 29.0 Å². The van der Waals surface area contributed by atoms with E-state index in [2.05, 4.69) is 25.9 Å². The van der Waals surface area contributed by atoms with Gasteiger partial charge in [-0.05, 0) is 86.7 Å². The van der Waals surface area contributed by atoms with E-state index in [0.717, 1.165) is 38.9 Å². The average molecular weight is 655 g/mol. The van der Waals surface area contributed by atoms with Crippen molar-refractivity contribution in [2.24, 2.45) is 0 Å². The zero-order chi connectivity index (χ0) is 34.6. The van der Waals surface area contributed by atoms with Crippen LogP contribution in [0, 0.1) is 13.8 Å². The topological polar surface area (TPSA) is 166 Å². The standard InChI is InChI=1S/C36H42N6O6/c1-21-14-25(43)15-22(2)26(21)17-29(41-35(47)48-36(3,4)5)34(46)42-20-24-11-7-6-10-23(24)16-30(42)33(45)38-19-32(44)37-18-31-39-27-12-8-9-13-28(27)40-31/h6-15,29-30,43H,16-20H2,1-5H3,(H,37,44)(H,38,45)(H,39,40)(H,41,47)/t29-,30-/m0/s1. The number of nitrogens with zero attached hydrogens (tertiary/aromatic N) is 2. The van der Waals surface area contributed by atoms with Gasteiger partial charge in [0.05, 0.1) is 24.1 Å². The fourth-order valence-electron chi connectivity index (χ4n) is 5.95. The van der Waals surface area contributed by atoms with Gasteiger partial charge in [-0.1, -0.05) is 36.4 Å². The summed E-state index contributed by atoms with van der Waals surface area (Å²) in [5.41, 5.74) is 4.91. The zero-order valence-electron chi connectivity index (χ0n) is 27.8. The Labute approximate surface area is 279 Å². The number of aromatic amines is 1. The molecule has 3 aromatic carbocycles. The summed E-state index contributed by atoms with van der Waals surface area (Å²) in [6, 6.07) is 16.3. The van der Waals surface area contributed by atoms with E-state index in [0.29, 0.717) is 5.82 Å². The number of phenols is 1. The summed E-state index contributed by atoms with van der Waals surface area (Å²) >= 11 is 0. The number of aromatic nitrogens is 2. The van der Waals surface area contributed by atoms with Crippen molar-refractivity contribution in [2.75, 3.05) is 6.54 Å². The van der Waals surface area contributed by atoms with Crippen molar-refractivity contribution in [1.82, 2.24) is 30.8 Å². The molecule has 0 bridgehead atoms. The number of aromatic hydroxyl groups is 1. The highest BCUT2D eigenvalue weighted by Gasteiger charge is 2.39. The van der Waals surface area contributed by atoms with Gasteiger partial charge >= 0.3 is 6.09 Å². The summed E-state index contributed by atoms with van der Waals surface area (Å²) in [5.74, 6) is -0.705. The molecule has 12 nitrogen and oxygen atoms in total. The average Bonchev–Trinajstić information content (AvgIpc) is 3.45. The SMILES string of the molecule is Cc1cc(O)cc(C)c1C[C@H](NC(=O)OC(C)(C)C)C(=O)N1Cc2ccccc2C[C@H]1C(=O)NCC(=O)NCc1nc2ccccc2[nH]1. The molecule has 0 radical (unpaired) electrons. The fraction of sp³-hybridized carbons (Fsp3) is 0.361. The minimum atomic E-state index is -1.09. The van der Waals surface area contributed by atoms with Crippen LogP contribution in [0.1, 0.15) is 54.4 Å². The highest BCUT2D eigenvalue weighted by molar-refractivity contribution is 5.93. The summed E-state index contributed by atoms with van der Waals surface area (Å²) < 4.78 is 5.50. The van der Waals surface area contributed by atoms with E-state index in [1.165, 1.54) is 4.90 Å². The number of carbonyl (C=O) groups is 4. The van der Waals surface area contributed by atoms with Crippen molar-refractivity contribution in [3.63, 3.8) is 0 Å². The fourth-order valence-corrected chi connectivity index (χ4v) is 5.95. The van der Waals surface area contributed by atoms with Gasteiger partial charge in [-0.2, -0.15) is 0 Å². The molecule has 0 saturated heterocycles. The summed E-state index contributed by atoms with van der Waals surface area (Å²) in [6.45, 7) is 8.81. The molecule has 12 heteroatoms. The van der Waals surface area contributed by atoms with Crippen LogP contribution in [0.3, 0.4) is 0 Å². The molecule has 1 aliphatic heterocycles. The molecule has 0 spiro atoms. The first-order valence-electron chi connectivity index (χ1n) is 15.9. The first-order chi connectivity index (χ1) is 22.8. The van der Waals surface area contributed by atoms with Crippen LogP contribution in [0.4, 0.5) is 4.79 Å². The lowest BCUT2D eigenvalue weighted by Crippen LogP contribution is -2.59. The maximum absolute atomic E-state index is 14.4. The number of amides is 4. The Hall–Kier alpha value is -5.39. The smallest absolute Gasteiger partial charge is 0.408 e. The Morgan fingerprint density at radius 2 is 1.67 bits per heavy atom. The number of nitrogens with one attached hydrogen (secondary N) is 4. The largest absolute Gasteiger partial charge is 0.508 e. The highest BCUT2D eigenvalue weighted by Crippen LogP contribution is 2.27. The minimum absolute atomic E-state index is 0.0997. The van der Waals surface area contributed by atoms with Crippen molar-refractivity contribution in [3.05, 3.63) is 94.3 Å². The third-order valence-electron chi connectivity index (χ3n) is 8.23. The Morgan fingerprint density at radius 1 is 1.00 bits per heavy atom. The van der Waals surface area contributed by atoms with Gasteiger partial charge in [-0.25, -0.2) is 9.78 Å². The van der Waals surface area contributed by atoms with Gasteiger partial charge in [0.1, 0.15) is 29.3 Å². The summed E-state index contributed by atoms with van der Waals surface area (Å²) in [5, 5.41) is 18.3. The van der Waals surface area contributed by atoms with Crippen LogP contribution in [0.25, 0.3) is 11.0 Å². The first kappa shape index (κ1) is 34.0. The van der Waals surface area contributed by atoms with Gasteiger partial charge in [0, 0.05) is 19.4 Å². The van der Waals surface area contributed by atoms with Crippen molar-refractivity contribution in [3.8, 4) is 5.75 Å². The Balaban J connectivity index is 1.34. The second-order valence-electron chi connectivity index (χ2n) is 13.1. The number of fused-ring (bicyclic) bond motifs is 2. The van der Waals surface area contributed by atoms with E-state index >= 15 is 0 Å². The second kappa shape index (κ2) is 14.2. The molecule has 4 aromatic rings. The van der Waals surface area contributed by atoms with Crippen molar-refractivity contribution in [1.29, 1.82) is 0 Å². The van der Waals surface area contributed by atoms with Crippen LogP contribution in [0.2, 0.25) is 0 Å². The number of hydrogen-bond donors (Lipinski definition) is 5. The maximum Gasteiger partial charge on any atom is 0.408 e. The zero-order valence-corrected chi connectivity index (χ0v) is 27.8. The number of H-pyrrole nitrogens is 1. The van der Waals surface area contributed by atoms with Crippen molar-refractivity contribution in [2.45, 2.75) is 78.2 Å². The Morgan fingerprint density at radius 3 is 2.35 bits per heavy atom. The lowest BCUT2D eigenvalue weighted by atomic mass is 9.91. The van der Waals surface area contributed by atoms with Gasteiger partial charge in [0.15, 0.2) is 0 Å². The molecular formula is C36H42N6O6. The first-order valence-corrected chi connectivity index (χ1v) is 15.9. The minimum Gasteiger partial charge on any atom is -0.508 e. The number of phenolic OH excluding ortho intramolecular Hbond substituents is 1. The number of aryl methyl sites for hydroxylation is 2. The molecule has 4 amide bonds. The monoisotopic (exact) mass is 654 g/mol. The Bertz CT molecular complexity index is 1790. The quantitative estimate of drug-likeness (QED) is 0.184. The van der Waals surface area contributed by atoms with Gasteiger partial charge in [-0.15, -0.1) is 0 Å². The predicted octanol–water partition coefficient (Wildman–Crippen LogP) is 3.71. The van der Waals surface area contributed by atoms with E-state index in [1.54, 1.807) is 32.9 Å². The molecule has 2 heterocycles.